The van der Waals surface area contributed by atoms with Crippen molar-refractivity contribution in [3.05, 3.63) is 53.6 Å². The maximum atomic E-state index is 12.4. The predicted molar refractivity (Wildman–Crippen MR) is 121 cm³/mol. The van der Waals surface area contributed by atoms with Crippen LogP contribution in [0.2, 0.25) is 0 Å². The van der Waals surface area contributed by atoms with Crippen molar-refractivity contribution in [2.75, 3.05) is 36.7 Å². The van der Waals surface area contributed by atoms with E-state index in [-0.39, 0.29) is 30.0 Å². The molecule has 1 saturated heterocycles. The van der Waals surface area contributed by atoms with Crippen LogP contribution in [-0.2, 0) is 19.1 Å². The lowest BCUT2D eigenvalue weighted by atomic mass is 10.1. The Bertz CT molecular complexity index is 1160. The molecule has 4 amide bonds. The van der Waals surface area contributed by atoms with Gasteiger partial charge in [0, 0.05) is 36.3 Å². The molecule has 1 N–H and O–H groups in total. The van der Waals surface area contributed by atoms with Gasteiger partial charge in [-0.25, -0.2) is 0 Å². The molecular formula is C23H21N3O6S. The molecule has 0 radical (unpaired) electrons. The smallest absolute Gasteiger partial charge is 0.311 e. The van der Waals surface area contributed by atoms with Crippen molar-refractivity contribution in [3.8, 4) is 0 Å². The summed E-state index contributed by atoms with van der Waals surface area (Å²) in [6, 6.07) is 11.8. The SMILES string of the molecule is CSc1ccc(N2CC(C(=O)OCC(=O)Nc3ccc4c(c3)C(=O)N(C)C4=O)CC2=O)cc1. The van der Waals surface area contributed by atoms with Gasteiger partial charge in [-0.3, -0.25) is 28.9 Å². The van der Waals surface area contributed by atoms with Crippen molar-refractivity contribution >= 4 is 52.7 Å². The molecular weight excluding hydrogens is 446 g/mol. The van der Waals surface area contributed by atoms with Gasteiger partial charge in [-0.05, 0) is 48.7 Å². The van der Waals surface area contributed by atoms with Crippen LogP contribution in [0.15, 0.2) is 47.4 Å². The fourth-order valence-electron chi connectivity index (χ4n) is 3.77. The zero-order chi connectivity index (χ0) is 23.7. The molecule has 2 aromatic rings. The summed E-state index contributed by atoms with van der Waals surface area (Å²) in [6.07, 6.45) is 1.97. The summed E-state index contributed by atoms with van der Waals surface area (Å²) in [6.45, 7) is -0.345. The van der Waals surface area contributed by atoms with Crippen LogP contribution in [0.5, 0.6) is 0 Å². The Morgan fingerprint density at radius 2 is 1.76 bits per heavy atom. The fraction of sp³-hybridized carbons (Fsp3) is 0.261. The second kappa shape index (κ2) is 9.07. The average molecular weight is 468 g/mol. The first-order valence-electron chi connectivity index (χ1n) is 10.2. The van der Waals surface area contributed by atoms with Crippen molar-refractivity contribution in [1.29, 1.82) is 0 Å². The van der Waals surface area contributed by atoms with Gasteiger partial charge in [-0.2, -0.15) is 0 Å². The van der Waals surface area contributed by atoms with Gasteiger partial charge in [0.25, 0.3) is 17.7 Å². The Balaban J connectivity index is 1.31. The van der Waals surface area contributed by atoms with E-state index < -0.39 is 36.2 Å². The number of fused-ring (bicyclic) bond motifs is 1. The Hall–Kier alpha value is -3.66. The molecule has 2 aliphatic rings. The van der Waals surface area contributed by atoms with E-state index in [2.05, 4.69) is 5.32 Å². The molecule has 0 spiro atoms. The lowest BCUT2D eigenvalue weighted by Gasteiger charge is -2.16. The van der Waals surface area contributed by atoms with Crippen LogP contribution >= 0.6 is 11.8 Å². The number of nitrogens with zero attached hydrogens (tertiary/aromatic N) is 2. The standard InChI is InChI=1S/C23H21N3O6S/c1-25-21(29)17-8-3-14(10-18(17)22(25)30)24-19(27)12-32-23(31)13-9-20(28)26(11-13)15-4-6-16(33-2)7-5-15/h3-8,10,13H,9,11-12H2,1-2H3,(H,24,27). The molecule has 2 heterocycles. The monoisotopic (exact) mass is 467 g/mol. The van der Waals surface area contributed by atoms with Gasteiger partial charge in [0.15, 0.2) is 6.61 Å². The normalized spacial score (nSPS) is 17.4. The predicted octanol–water partition coefficient (Wildman–Crippen LogP) is 2.17. The molecule has 0 aromatic heterocycles. The zero-order valence-electron chi connectivity index (χ0n) is 18.0. The number of anilines is 2. The molecule has 1 atom stereocenters. The number of benzene rings is 2. The third-order valence-electron chi connectivity index (χ3n) is 5.56. The molecule has 10 heteroatoms. The maximum Gasteiger partial charge on any atom is 0.311 e. The first kappa shape index (κ1) is 22.5. The first-order chi connectivity index (χ1) is 15.8. The van der Waals surface area contributed by atoms with Crippen LogP contribution in [-0.4, -0.2) is 61.0 Å². The number of hydrogen-bond donors (Lipinski definition) is 1. The van der Waals surface area contributed by atoms with Gasteiger partial charge in [-0.1, -0.05) is 0 Å². The molecule has 0 saturated carbocycles. The molecule has 4 rings (SSSR count). The minimum absolute atomic E-state index is 0.0131. The molecule has 170 valence electrons. The van der Waals surface area contributed by atoms with Crippen LogP contribution in [0.25, 0.3) is 0 Å². The zero-order valence-corrected chi connectivity index (χ0v) is 18.8. The van der Waals surface area contributed by atoms with E-state index in [0.29, 0.717) is 11.4 Å². The van der Waals surface area contributed by atoms with Crippen molar-refractivity contribution in [2.24, 2.45) is 5.92 Å². The highest BCUT2D eigenvalue weighted by Gasteiger charge is 2.36. The average Bonchev–Trinajstić information content (AvgIpc) is 3.31. The third kappa shape index (κ3) is 4.47. The van der Waals surface area contributed by atoms with Gasteiger partial charge in [0.1, 0.15) is 0 Å². The van der Waals surface area contributed by atoms with Crippen LogP contribution in [0.3, 0.4) is 0 Å². The second-order valence-electron chi connectivity index (χ2n) is 7.69. The highest BCUT2D eigenvalue weighted by molar-refractivity contribution is 7.98. The summed E-state index contributed by atoms with van der Waals surface area (Å²) in [5, 5.41) is 2.54. The van der Waals surface area contributed by atoms with Crippen molar-refractivity contribution in [3.63, 3.8) is 0 Å². The molecule has 1 unspecified atom stereocenters. The number of nitrogens with one attached hydrogen (secondary N) is 1. The Morgan fingerprint density at radius 3 is 2.45 bits per heavy atom. The van der Waals surface area contributed by atoms with E-state index in [1.54, 1.807) is 11.8 Å². The fourth-order valence-corrected chi connectivity index (χ4v) is 4.18. The Kier molecular flexibility index (Phi) is 6.19. The van der Waals surface area contributed by atoms with Crippen molar-refractivity contribution < 1.29 is 28.7 Å². The van der Waals surface area contributed by atoms with Crippen LogP contribution in [0.4, 0.5) is 11.4 Å². The largest absolute Gasteiger partial charge is 0.455 e. The summed E-state index contributed by atoms with van der Waals surface area (Å²) in [7, 11) is 1.39. The van der Waals surface area contributed by atoms with Crippen molar-refractivity contribution in [2.45, 2.75) is 11.3 Å². The molecule has 1 fully saturated rings. The van der Waals surface area contributed by atoms with Crippen LogP contribution in [0.1, 0.15) is 27.1 Å². The van der Waals surface area contributed by atoms with Crippen LogP contribution in [0, 0.1) is 5.92 Å². The number of esters is 1. The number of imide groups is 1. The first-order valence-corrected chi connectivity index (χ1v) is 11.4. The molecule has 2 aliphatic heterocycles. The third-order valence-corrected chi connectivity index (χ3v) is 6.30. The summed E-state index contributed by atoms with van der Waals surface area (Å²) in [4.78, 5) is 64.6. The van der Waals surface area contributed by atoms with E-state index in [4.69, 9.17) is 4.74 Å². The highest BCUT2D eigenvalue weighted by Crippen LogP contribution is 2.28. The lowest BCUT2D eigenvalue weighted by molar-refractivity contribution is -0.151. The van der Waals surface area contributed by atoms with Crippen molar-refractivity contribution in [1.82, 2.24) is 4.90 Å². The molecule has 9 nitrogen and oxygen atoms in total. The minimum atomic E-state index is -0.662. The Labute approximate surface area is 194 Å². The number of rotatable bonds is 6. The second-order valence-corrected chi connectivity index (χ2v) is 8.57. The number of hydrogen-bond acceptors (Lipinski definition) is 7. The lowest BCUT2D eigenvalue weighted by Crippen LogP contribution is -2.28. The Morgan fingerprint density at radius 1 is 1.06 bits per heavy atom. The number of amides is 4. The van der Waals surface area contributed by atoms with E-state index in [1.165, 1.54) is 30.1 Å². The molecule has 0 bridgehead atoms. The quantitative estimate of drug-likeness (QED) is 0.394. The summed E-state index contributed by atoms with van der Waals surface area (Å²) < 4.78 is 5.11. The summed E-state index contributed by atoms with van der Waals surface area (Å²) in [5.74, 6) is -2.91. The molecule has 2 aromatic carbocycles. The maximum absolute atomic E-state index is 12.4. The van der Waals surface area contributed by atoms with E-state index in [0.717, 1.165) is 9.80 Å². The number of thioether (sulfide) groups is 1. The van der Waals surface area contributed by atoms with E-state index in [9.17, 15) is 24.0 Å². The van der Waals surface area contributed by atoms with Gasteiger partial charge >= 0.3 is 5.97 Å². The van der Waals surface area contributed by atoms with Crippen LogP contribution < -0.4 is 10.2 Å². The number of ether oxygens (including phenoxy) is 1. The van der Waals surface area contributed by atoms with Gasteiger partial charge in [0.05, 0.1) is 17.0 Å². The van der Waals surface area contributed by atoms with E-state index >= 15 is 0 Å². The number of carbonyl (C=O) groups is 5. The minimum Gasteiger partial charge on any atom is -0.455 e. The molecule has 0 aliphatic carbocycles. The molecule has 33 heavy (non-hydrogen) atoms. The van der Waals surface area contributed by atoms with E-state index in [1.807, 2.05) is 30.5 Å². The van der Waals surface area contributed by atoms with Gasteiger partial charge < -0.3 is 15.0 Å². The number of carbonyl (C=O) groups excluding carboxylic acids is 5. The topological polar surface area (TPSA) is 113 Å². The summed E-state index contributed by atoms with van der Waals surface area (Å²) in [5.41, 5.74) is 1.49. The van der Waals surface area contributed by atoms with Gasteiger partial charge in [0.2, 0.25) is 5.91 Å². The highest BCUT2D eigenvalue weighted by atomic mass is 32.2. The summed E-state index contributed by atoms with van der Waals surface area (Å²) >= 11 is 1.59. The van der Waals surface area contributed by atoms with Gasteiger partial charge in [-0.15, -0.1) is 11.8 Å².